The molecule has 1 atom stereocenters. The van der Waals surface area contributed by atoms with Crippen molar-refractivity contribution in [1.82, 2.24) is 4.90 Å². The summed E-state index contributed by atoms with van der Waals surface area (Å²) in [4.78, 5) is 3.98. The number of fused-ring (bicyclic) bond motifs is 1. The third-order valence-electron chi connectivity index (χ3n) is 3.47. The van der Waals surface area contributed by atoms with Gasteiger partial charge in [-0.25, -0.2) is 0 Å². The van der Waals surface area contributed by atoms with Gasteiger partial charge in [0.2, 0.25) is 0 Å². The molecule has 0 saturated heterocycles. The number of hydrogen-bond donors (Lipinski definition) is 0. The van der Waals surface area contributed by atoms with Crippen molar-refractivity contribution >= 4 is 27.3 Å². The van der Waals surface area contributed by atoms with Crippen LogP contribution in [0.15, 0.2) is 11.4 Å². The van der Waals surface area contributed by atoms with Crippen molar-refractivity contribution in [3.8, 4) is 5.75 Å². The number of hydrogen-bond acceptors (Lipinski definition) is 3. The van der Waals surface area contributed by atoms with Crippen LogP contribution in [0.1, 0.15) is 17.7 Å². The normalized spacial score (nSPS) is 25.9. The number of alkyl halides is 1. The Labute approximate surface area is 109 Å². The zero-order valence-corrected chi connectivity index (χ0v) is 11.6. The number of ether oxygens (including phenoxy) is 1. The molecule has 1 aliphatic heterocycles. The molecule has 0 unspecified atom stereocenters. The Bertz CT molecular complexity index is 364. The van der Waals surface area contributed by atoms with E-state index in [-0.39, 0.29) is 0 Å². The third kappa shape index (κ3) is 2.15. The Hall–Kier alpha value is -0.0600. The van der Waals surface area contributed by atoms with Crippen molar-refractivity contribution in [2.24, 2.45) is 5.92 Å². The van der Waals surface area contributed by atoms with Crippen LogP contribution in [-0.4, -0.2) is 29.4 Å². The highest BCUT2D eigenvalue weighted by Gasteiger charge is 2.37. The molecule has 2 heterocycles. The number of nitrogens with zero attached hydrogens (tertiary/aromatic N) is 1. The first-order chi connectivity index (χ1) is 7.88. The van der Waals surface area contributed by atoms with Crippen LogP contribution in [0.2, 0.25) is 0 Å². The molecule has 0 N–H and O–H groups in total. The minimum atomic E-state index is 0.636. The van der Waals surface area contributed by atoms with E-state index in [0.717, 1.165) is 36.7 Å². The van der Waals surface area contributed by atoms with Crippen LogP contribution in [0, 0.1) is 5.92 Å². The first-order valence-electron chi connectivity index (χ1n) is 5.87. The van der Waals surface area contributed by atoms with Gasteiger partial charge >= 0.3 is 0 Å². The van der Waals surface area contributed by atoms with Gasteiger partial charge in [-0.1, -0.05) is 15.9 Å². The lowest BCUT2D eigenvalue weighted by molar-refractivity contribution is 0.136. The molecule has 0 bridgehead atoms. The first kappa shape index (κ1) is 11.1. The zero-order valence-electron chi connectivity index (χ0n) is 9.19. The van der Waals surface area contributed by atoms with Crippen LogP contribution >= 0.6 is 27.3 Å². The Balaban J connectivity index is 1.80. The van der Waals surface area contributed by atoms with Crippen molar-refractivity contribution in [2.75, 3.05) is 18.5 Å². The zero-order chi connectivity index (χ0) is 11.0. The topological polar surface area (TPSA) is 12.5 Å². The third-order valence-corrected chi connectivity index (χ3v) is 4.71. The quantitative estimate of drug-likeness (QED) is 0.796. The number of rotatable bonds is 3. The molecule has 1 saturated carbocycles. The van der Waals surface area contributed by atoms with Gasteiger partial charge in [-0.05, 0) is 30.2 Å². The van der Waals surface area contributed by atoms with Gasteiger partial charge in [0.15, 0.2) is 0 Å². The summed E-state index contributed by atoms with van der Waals surface area (Å²) in [6, 6.07) is 2.75. The van der Waals surface area contributed by atoms with Crippen molar-refractivity contribution in [3.05, 3.63) is 16.3 Å². The summed E-state index contributed by atoms with van der Waals surface area (Å²) in [5.41, 5.74) is 0. The second kappa shape index (κ2) is 4.67. The van der Waals surface area contributed by atoms with Crippen molar-refractivity contribution in [1.29, 1.82) is 0 Å². The van der Waals surface area contributed by atoms with Gasteiger partial charge in [0.05, 0.1) is 4.88 Å². The van der Waals surface area contributed by atoms with Gasteiger partial charge in [0.25, 0.3) is 0 Å². The molecule has 1 aromatic rings. The highest BCUT2D eigenvalue weighted by atomic mass is 79.9. The van der Waals surface area contributed by atoms with Crippen LogP contribution in [-0.2, 0) is 6.54 Å². The lowest BCUT2D eigenvalue weighted by atomic mass is 10.1. The van der Waals surface area contributed by atoms with Crippen molar-refractivity contribution in [3.63, 3.8) is 0 Å². The molecule has 2 aliphatic rings. The fraction of sp³-hybridized carbons (Fsp3) is 0.667. The van der Waals surface area contributed by atoms with Crippen molar-refractivity contribution < 1.29 is 4.74 Å². The van der Waals surface area contributed by atoms with Gasteiger partial charge in [0, 0.05) is 24.5 Å². The maximum Gasteiger partial charge on any atom is 0.134 e. The van der Waals surface area contributed by atoms with Crippen LogP contribution in [0.3, 0.4) is 0 Å². The molecule has 2 nitrogen and oxygen atoms in total. The van der Waals surface area contributed by atoms with E-state index in [2.05, 4.69) is 32.3 Å². The Morgan fingerprint density at radius 3 is 3.12 bits per heavy atom. The predicted molar refractivity (Wildman–Crippen MR) is 70.5 cm³/mol. The van der Waals surface area contributed by atoms with Gasteiger partial charge in [0.1, 0.15) is 12.4 Å². The molecule has 0 aromatic carbocycles. The lowest BCUT2D eigenvalue weighted by Crippen LogP contribution is -2.40. The molecular weight excluding hydrogens is 286 g/mol. The minimum absolute atomic E-state index is 0.636. The molecule has 16 heavy (non-hydrogen) atoms. The highest BCUT2D eigenvalue weighted by Crippen LogP contribution is 2.39. The summed E-state index contributed by atoms with van der Waals surface area (Å²) in [5, 5.41) is 3.19. The van der Waals surface area contributed by atoms with Gasteiger partial charge in [-0.15, -0.1) is 11.3 Å². The van der Waals surface area contributed by atoms with Gasteiger partial charge < -0.3 is 4.74 Å². The summed E-state index contributed by atoms with van der Waals surface area (Å²) in [6.07, 6.45) is 2.78. The monoisotopic (exact) mass is 301 g/mol. The largest absolute Gasteiger partial charge is 0.491 e. The predicted octanol–water partition coefficient (Wildman–Crippen LogP) is 3.12. The van der Waals surface area contributed by atoms with E-state index in [9.17, 15) is 0 Å². The second-order valence-corrected chi connectivity index (χ2v) is 6.38. The Morgan fingerprint density at radius 2 is 2.38 bits per heavy atom. The van der Waals surface area contributed by atoms with E-state index in [1.54, 1.807) is 0 Å². The molecule has 1 aromatic heterocycles. The van der Waals surface area contributed by atoms with E-state index in [1.165, 1.54) is 17.7 Å². The van der Waals surface area contributed by atoms with Crippen LogP contribution in [0.4, 0.5) is 0 Å². The summed E-state index contributed by atoms with van der Waals surface area (Å²) < 4.78 is 5.93. The molecule has 1 aliphatic carbocycles. The van der Waals surface area contributed by atoms with E-state index in [0.29, 0.717) is 6.04 Å². The van der Waals surface area contributed by atoms with E-state index in [1.807, 2.05) is 11.3 Å². The standard InChI is InChI=1S/C12H16BrNOS/c13-4-5-14-7-12-11(3-6-16-12)15-8-10(14)9-1-2-9/h3,6,9-10H,1-2,4-5,7-8H2/t10-/m0/s1. The van der Waals surface area contributed by atoms with E-state index >= 15 is 0 Å². The molecule has 88 valence electrons. The van der Waals surface area contributed by atoms with Crippen LogP contribution in [0.5, 0.6) is 5.75 Å². The second-order valence-electron chi connectivity index (χ2n) is 4.58. The van der Waals surface area contributed by atoms with Crippen molar-refractivity contribution in [2.45, 2.75) is 25.4 Å². The molecule has 4 heteroatoms. The maximum atomic E-state index is 5.93. The summed E-state index contributed by atoms with van der Waals surface area (Å²) in [7, 11) is 0. The maximum absolute atomic E-state index is 5.93. The van der Waals surface area contributed by atoms with Gasteiger partial charge in [-0.3, -0.25) is 4.90 Å². The summed E-state index contributed by atoms with van der Waals surface area (Å²) in [5.74, 6) is 2.00. The Morgan fingerprint density at radius 1 is 1.50 bits per heavy atom. The average molecular weight is 302 g/mol. The molecule has 0 amide bonds. The van der Waals surface area contributed by atoms with E-state index < -0.39 is 0 Å². The lowest BCUT2D eigenvalue weighted by Gasteiger charge is -2.28. The highest BCUT2D eigenvalue weighted by molar-refractivity contribution is 9.09. The fourth-order valence-electron chi connectivity index (χ4n) is 2.42. The number of thiophene rings is 1. The molecule has 1 fully saturated rings. The van der Waals surface area contributed by atoms with Gasteiger partial charge in [-0.2, -0.15) is 0 Å². The molecule has 0 radical (unpaired) electrons. The number of halogens is 1. The summed E-state index contributed by atoms with van der Waals surface area (Å²) in [6.45, 7) is 3.07. The minimum Gasteiger partial charge on any atom is -0.491 e. The Kier molecular flexibility index (Phi) is 3.22. The van der Waals surface area contributed by atoms with Crippen LogP contribution < -0.4 is 4.74 Å². The fourth-order valence-corrected chi connectivity index (χ4v) is 3.72. The SMILES string of the molecule is BrCCN1Cc2sccc2OC[C@H]1C1CC1. The van der Waals surface area contributed by atoms with E-state index in [4.69, 9.17) is 4.74 Å². The summed E-state index contributed by atoms with van der Waals surface area (Å²) >= 11 is 5.38. The average Bonchev–Trinajstić information content (AvgIpc) is 3.04. The first-order valence-corrected chi connectivity index (χ1v) is 7.88. The smallest absolute Gasteiger partial charge is 0.134 e. The van der Waals surface area contributed by atoms with Crippen LogP contribution in [0.25, 0.3) is 0 Å². The molecule has 0 spiro atoms. The molecule has 3 rings (SSSR count). The molecular formula is C12H16BrNOS.